The molecule has 11 rings (SSSR count). The fourth-order valence-electron chi connectivity index (χ4n) is 8.21. The van der Waals surface area contributed by atoms with Gasteiger partial charge in [0, 0.05) is 48.0 Å². The lowest BCUT2D eigenvalue weighted by Gasteiger charge is -2.26. The Balaban J connectivity index is 0.995. The van der Waals surface area contributed by atoms with E-state index in [0.29, 0.717) is 0 Å². The number of benzene rings is 9. The van der Waals surface area contributed by atoms with E-state index in [4.69, 9.17) is 4.42 Å². The first-order valence-electron chi connectivity index (χ1n) is 18.7. The minimum absolute atomic E-state index is 0.905. The molecule has 0 saturated heterocycles. The predicted molar refractivity (Wildman–Crippen MR) is 235 cm³/mol. The molecule has 2 nitrogen and oxygen atoms in total. The van der Waals surface area contributed by atoms with Gasteiger partial charge in [-0.15, -0.1) is 11.3 Å². The van der Waals surface area contributed by atoms with Crippen molar-refractivity contribution in [2.75, 3.05) is 4.90 Å². The molecule has 0 amide bonds. The number of fused-ring (bicyclic) bond motifs is 8. The molecule has 0 N–H and O–H groups in total. The summed E-state index contributed by atoms with van der Waals surface area (Å²) in [4.78, 5) is 2.34. The number of nitrogens with zero attached hydrogens (tertiary/aromatic N) is 1. The summed E-state index contributed by atoms with van der Waals surface area (Å²) in [6.07, 6.45) is 0. The maximum absolute atomic E-state index is 6.22. The van der Waals surface area contributed by atoms with Crippen LogP contribution in [-0.2, 0) is 0 Å². The number of hydrogen-bond donors (Lipinski definition) is 0. The lowest BCUT2D eigenvalue weighted by atomic mass is 9.97. The second kappa shape index (κ2) is 12.9. The zero-order valence-electron chi connectivity index (χ0n) is 29.8. The van der Waals surface area contributed by atoms with Crippen LogP contribution in [0.1, 0.15) is 0 Å². The molecule has 11 aromatic rings. The SMILES string of the molecule is c1ccc(-c2ccc(N(c3ccc(-c4ccc5ccc6sc7ccccc7c6c5c4)cc3)c3ccc(-c4cccc5oc6ccccc6c45)cc3)cc2)cc1. The molecule has 0 aliphatic carbocycles. The quantitative estimate of drug-likeness (QED) is 0.170. The van der Waals surface area contributed by atoms with Crippen LogP contribution >= 0.6 is 11.3 Å². The van der Waals surface area contributed by atoms with E-state index in [0.717, 1.165) is 44.6 Å². The standard InChI is InChI=1S/C52H33NOS/c1-2-9-34(10-3-1)35-19-26-40(27-20-35)53(42-30-23-37(24-31-42)43-13-8-15-48-51(43)44-11-4-6-14-47(44)54-48)41-28-21-36(22-29-41)39-18-17-38-25-32-50-52(46(38)33-39)45-12-5-7-16-49(45)55-50/h1-33H. The van der Waals surface area contributed by atoms with Crippen LogP contribution in [0.2, 0.25) is 0 Å². The summed E-state index contributed by atoms with van der Waals surface area (Å²) >= 11 is 1.87. The Morgan fingerprint density at radius 1 is 0.345 bits per heavy atom. The van der Waals surface area contributed by atoms with Crippen LogP contribution in [0, 0.1) is 0 Å². The molecule has 0 saturated carbocycles. The minimum Gasteiger partial charge on any atom is -0.456 e. The van der Waals surface area contributed by atoms with Gasteiger partial charge in [-0.25, -0.2) is 0 Å². The fourth-order valence-corrected chi connectivity index (χ4v) is 9.33. The van der Waals surface area contributed by atoms with Crippen LogP contribution in [0.4, 0.5) is 17.1 Å². The Morgan fingerprint density at radius 2 is 0.909 bits per heavy atom. The van der Waals surface area contributed by atoms with Crippen molar-refractivity contribution >= 4 is 81.3 Å². The van der Waals surface area contributed by atoms with Gasteiger partial charge in [-0.3, -0.25) is 0 Å². The summed E-state index contributed by atoms with van der Waals surface area (Å²) < 4.78 is 8.88. The van der Waals surface area contributed by atoms with Crippen LogP contribution in [0.25, 0.3) is 86.3 Å². The molecular weight excluding hydrogens is 687 g/mol. The van der Waals surface area contributed by atoms with Gasteiger partial charge in [0.05, 0.1) is 0 Å². The van der Waals surface area contributed by atoms with Crippen molar-refractivity contribution in [1.82, 2.24) is 0 Å². The van der Waals surface area contributed by atoms with Crippen molar-refractivity contribution in [3.8, 4) is 33.4 Å². The Kier molecular flexibility index (Phi) is 7.39. The maximum Gasteiger partial charge on any atom is 0.136 e. The van der Waals surface area contributed by atoms with Gasteiger partial charge < -0.3 is 9.32 Å². The van der Waals surface area contributed by atoms with E-state index in [1.54, 1.807) is 0 Å². The first kappa shape index (κ1) is 31.6. The van der Waals surface area contributed by atoms with Gasteiger partial charge in [-0.1, -0.05) is 133 Å². The summed E-state index contributed by atoms with van der Waals surface area (Å²) in [5.74, 6) is 0. The third-order valence-corrected chi connectivity index (χ3v) is 12.0. The van der Waals surface area contributed by atoms with Gasteiger partial charge >= 0.3 is 0 Å². The molecule has 0 radical (unpaired) electrons. The van der Waals surface area contributed by atoms with Crippen molar-refractivity contribution in [3.63, 3.8) is 0 Å². The van der Waals surface area contributed by atoms with E-state index in [2.05, 4.69) is 193 Å². The van der Waals surface area contributed by atoms with Crippen molar-refractivity contribution in [3.05, 3.63) is 200 Å². The summed E-state index contributed by atoms with van der Waals surface area (Å²) in [6, 6.07) is 72.2. The molecule has 2 heterocycles. The summed E-state index contributed by atoms with van der Waals surface area (Å²) in [5.41, 5.74) is 12.2. The van der Waals surface area contributed by atoms with E-state index in [1.165, 1.54) is 58.8 Å². The van der Waals surface area contributed by atoms with Crippen molar-refractivity contribution < 1.29 is 4.42 Å². The molecule has 0 unspecified atom stereocenters. The van der Waals surface area contributed by atoms with E-state index in [1.807, 2.05) is 23.5 Å². The number of para-hydroxylation sites is 1. The van der Waals surface area contributed by atoms with Crippen molar-refractivity contribution in [2.45, 2.75) is 0 Å². The number of anilines is 3. The third-order valence-electron chi connectivity index (χ3n) is 10.9. The van der Waals surface area contributed by atoms with Crippen LogP contribution < -0.4 is 4.90 Å². The molecule has 9 aromatic carbocycles. The average Bonchev–Trinajstić information content (AvgIpc) is 3.84. The smallest absolute Gasteiger partial charge is 0.136 e. The molecule has 0 fully saturated rings. The van der Waals surface area contributed by atoms with Crippen molar-refractivity contribution in [2.24, 2.45) is 0 Å². The van der Waals surface area contributed by atoms with Gasteiger partial charge in [0.2, 0.25) is 0 Å². The number of furan rings is 1. The van der Waals surface area contributed by atoms with Gasteiger partial charge in [0.25, 0.3) is 0 Å². The highest BCUT2D eigenvalue weighted by Gasteiger charge is 2.17. The second-order valence-corrected chi connectivity index (χ2v) is 15.2. The highest BCUT2D eigenvalue weighted by molar-refractivity contribution is 7.26. The van der Waals surface area contributed by atoms with E-state index < -0.39 is 0 Å². The van der Waals surface area contributed by atoms with Crippen LogP contribution in [0.15, 0.2) is 205 Å². The Bertz CT molecular complexity index is 3170. The van der Waals surface area contributed by atoms with E-state index >= 15 is 0 Å². The topological polar surface area (TPSA) is 16.4 Å². The molecule has 0 atom stereocenters. The Labute approximate surface area is 322 Å². The third kappa shape index (κ3) is 5.40. The van der Waals surface area contributed by atoms with Gasteiger partial charge in [-0.2, -0.15) is 0 Å². The van der Waals surface area contributed by atoms with Gasteiger partial charge in [0.15, 0.2) is 0 Å². The number of hydrogen-bond acceptors (Lipinski definition) is 3. The zero-order valence-corrected chi connectivity index (χ0v) is 30.6. The van der Waals surface area contributed by atoms with E-state index in [-0.39, 0.29) is 0 Å². The first-order valence-corrected chi connectivity index (χ1v) is 19.5. The highest BCUT2D eigenvalue weighted by Crippen LogP contribution is 2.42. The highest BCUT2D eigenvalue weighted by atomic mass is 32.1. The summed E-state index contributed by atoms with van der Waals surface area (Å²) in [6.45, 7) is 0. The lowest BCUT2D eigenvalue weighted by molar-refractivity contribution is 0.669. The fraction of sp³-hybridized carbons (Fsp3) is 0. The molecule has 258 valence electrons. The average molecular weight is 720 g/mol. The molecule has 0 spiro atoms. The minimum atomic E-state index is 0.905. The van der Waals surface area contributed by atoms with Crippen LogP contribution in [-0.4, -0.2) is 0 Å². The molecule has 0 aliphatic heterocycles. The lowest BCUT2D eigenvalue weighted by Crippen LogP contribution is -2.09. The molecule has 2 aromatic heterocycles. The molecule has 0 bridgehead atoms. The van der Waals surface area contributed by atoms with Crippen LogP contribution in [0.5, 0.6) is 0 Å². The predicted octanol–water partition coefficient (Wildman–Crippen LogP) is 15.6. The van der Waals surface area contributed by atoms with Gasteiger partial charge in [0.1, 0.15) is 11.2 Å². The Morgan fingerprint density at radius 3 is 1.65 bits per heavy atom. The molecule has 55 heavy (non-hydrogen) atoms. The molecule has 0 aliphatic rings. The summed E-state index contributed by atoms with van der Waals surface area (Å²) in [5, 5.41) is 7.53. The first-order chi connectivity index (χ1) is 27.2. The summed E-state index contributed by atoms with van der Waals surface area (Å²) in [7, 11) is 0. The van der Waals surface area contributed by atoms with Gasteiger partial charge in [-0.05, 0) is 111 Å². The zero-order chi connectivity index (χ0) is 36.3. The van der Waals surface area contributed by atoms with E-state index in [9.17, 15) is 0 Å². The largest absolute Gasteiger partial charge is 0.456 e. The number of thiophene rings is 1. The second-order valence-electron chi connectivity index (χ2n) is 14.1. The maximum atomic E-state index is 6.22. The molecular formula is C52H33NOS. The monoisotopic (exact) mass is 719 g/mol. The number of rotatable bonds is 6. The van der Waals surface area contributed by atoms with Crippen molar-refractivity contribution in [1.29, 1.82) is 0 Å². The normalized spacial score (nSPS) is 11.6. The Hall–Kier alpha value is -6.94. The van der Waals surface area contributed by atoms with Crippen LogP contribution in [0.3, 0.4) is 0 Å². The molecule has 3 heteroatoms.